The highest BCUT2D eigenvalue weighted by Gasteiger charge is 2.44. The summed E-state index contributed by atoms with van der Waals surface area (Å²) in [4.78, 5) is 27.4. The van der Waals surface area contributed by atoms with Crippen LogP contribution < -0.4 is 0 Å². The molecule has 3 aliphatic rings. The van der Waals surface area contributed by atoms with Gasteiger partial charge in [-0.1, -0.05) is 29.5 Å². The van der Waals surface area contributed by atoms with Gasteiger partial charge < -0.3 is 19.1 Å². The van der Waals surface area contributed by atoms with E-state index in [1.807, 2.05) is 11.8 Å². The monoisotopic (exact) mass is 481 g/mol. The summed E-state index contributed by atoms with van der Waals surface area (Å²) in [7, 11) is 1.39. The lowest BCUT2D eigenvalue weighted by Crippen LogP contribution is -2.46. The third-order valence-electron chi connectivity index (χ3n) is 4.99. The molecular formula is C17H24INO5S. The van der Waals surface area contributed by atoms with Crippen LogP contribution in [0.25, 0.3) is 0 Å². The zero-order valence-corrected chi connectivity index (χ0v) is 17.6. The quantitative estimate of drug-likeness (QED) is 0.349. The van der Waals surface area contributed by atoms with Crippen molar-refractivity contribution in [2.24, 2.45) is 0 Å². The number of halogens is 1. The molecule has 0 aromatic rings. The highest BCUT2D eigenvalue weighted by molar-refractivity contribution is 14.1. The van der Waals surface area contributed by atoms with E-state index in [9.17, 15) is 9.59 Å². The molecule has 0 bridgehead atoms. The van der Waals surface area contributed by atoms with Crippen molar-refractivity contribution in [3.63, 3.8) is 0 Å². The molecule has 0 N–H and O–H groups in total. The molecule has 1 saturated carbocycles. The molecule has 1 saturated heterocycles. The van der Waals surface area contributed by atoms with Gasteiger partial charge in [0.1, 0.15) is 4.91 Å². The molecule has 140 valence electrons. The number of esters is 1. The Morgan fingerprint density at radius 3 is 2.52 bits per heavy atom. The van der Waals surface area contributed by atoms with E-state index in [2.05, 4.69) is 22.6 Å². The van der Waals surface area contributed by atoms with Crippen LogP contribution in [0.15, 0.2) is 10.6 Å². The van der Waals surface area contributed by atoms with Crippen LogP contribution in [0.1, 0.15) is 45.4 Å². The van der Waals surface area contributed by atoms with Crippen LogP contribution >= 0.6 is 34.4 Å². The predicted octanol–water partition coefficient (Wildman–Crippen LogP) is 3.19. The highest BCUT2D eigenvalue weighted by Crippen LogP contribution is 2.46. The van der Waals surface area contributed by atoms with Gasteiger partial charge in [0.25, 0.3) is 0 Å². The average molecular weight is 481 g/mol. The van der Waals surface area contributed by atoms with Gasteiger partial charge in [-0.25, -0.2) is 4.79 Å². The molecule has 0 aromatic heterocycles. The summed E-state index contributed by atoms with van der Waals surface area (Å²) in [5.74, 6) is -0.729. The molecule has 0 radical (unpaired) electrons. The summed E-state index contributed by atoms with van der Waals surface area (Å²) in [6, 6.07) is 0.0860. The van der Waals surface area contributed by atoms with Crippen molar-refractivity contribution in [3.8, 4) is 0 Å². The predicted molar refractivity (Wildman–Crippen MR) is 103 cm³/mol. The van der Waals surface area contributed by atoms with Gasteiger partial charge >= 0.3 is 5.97 Å². The number of carbonyl (C=O) groups is 2. The fourth-order valence-electron chi connectivity index (χ4n) is 3.78. The number of alkyl halides is 1. The van der Waals surface area contributed by atoms with Crippen molar-refractivity contribution in [1.29, 1.82) is 0 Å². The third-order valence-corrected chi connectivity index (χ3v) is 7.25. The van der Waals surface area contributed by atoms with Gasteiger partial charge in [0.2, 0.25) is 5.91 Å². The van der Waals surface area contributed by atoms with Gasteiger partial charge in [-0.05, 0) is 12.8 Å². The highest BCUT2D eigenvalue weighted by atomic mass is 127. The number of thioether (sulfide) groups is 1. The van der Waals surface area contributed by atoms with Crippen LogP contribution in [0.3, 0.4) is 0 Å². The van der Waals surface area contributed by atoms with Gasteiger partial charge in [-0.3, -0.25) is 4.79 Å². The van der Waals surface area contributed by atoms with E-state index < -0.39 is 5.79 Å². The van der Waals surface area contributed by atoms with Crippen LogP contribution in [0.4, 0.5) is 0 Å². The van der Waals surface area contributed by atoms with E-state index in [1.54, 1.807) is 0 Å². The molecule has 2 heterocycles. The minimum absolute atomic E-state index is 0.0664. The van der Waals surface area contributed by atoms with Gasteiger partial charge in [-0.15, -0.1) is 11.8 Å². The summed E-state index contributed by atoms with van der Waals surface area (Å²) in [5.41, 5.74) is 0.831. The number of carbonyl (C=O) groups excluding carboxylic acids is 2. The minimum atomic E-state index is -0.451. The Morgan fingerprint density at radius 2 is 1.96 bits per heavy atom. The summed E-state index contributed by atoms with van der Waals surface area (Å²) in [5, 5.41) is 0. The fourth-order valence-corrected chi connectivity index (χ4v) is 5.95. The number of methoxy groups -OCH3 is 1. The maximum Gasteiger partial charge on any atom is 0.346 e. The number of nitrogens with zero attached hydrogens (tertiary/aromatic N) is 1. The van der Waals surface area contributed by atoms with Crippen molar-refractivity contribution in [2.45, 2.75) is 60.5 Å². The second-order valence-electron chi connectivity index (χ2n) is 6.46. The number of hydrogen-bond donors (Lipinski definition) is 0. The molecule has 3 rings (SSSR count). The van der Waals surface area contributed by atoms with Crippen LogP contribution in [0.5, 0.6) is 0 Å². The maximum atomic E-state index is 12.7. The van der Waals surface area contributed by atoms with Crippen LogP contribution in [0.2, 0.25) is 0 Å². The first-order chi connectivity index (χ1) is 12.0. The zero-order chi connectivity index (χ0) is 18.0. The van der Waals surface area contributed by atoms with Crippen molar-refractivity contribution in [3.05, 3.63) is 10.6 Å². The number of allylic oxidation sites excluding steroid dienone is 1. The first-order valence-electron chi connectivity index (χ1n) is 8.72. The largest absolute Gasteiger partial charge is 0.465 e. The van der Waals surface area contributed by atoms with Crippen molar-refractivity contribution < 1.29 is 23.8 Å². The van der Waals surface area contributed by atoms with Gasteiger partial charge in [-0.2, -0.15) is 0 Å². The number of amides is 1. The molecule has 25 heavy (non-hydrogen) atoms. The molecule has 1 atom stereocenters. The fraction of sp³-hybridized carbons (Fsp3) is 0.765. The molecule has 6 nitrogen and oxygen atoms in total. The smallest absolute Gasteiger partial charge is 0.346 e. The summed E-state index contributed by atoms with van der Waals surface area (Å²) in [6.45, 7) is 3.16. The van der Waals surface area contributed by atoms with Gasteiger partial charge in [0, 0.05) is 37.4 Å². The molecule has 8 heteroatoms. The van der Waals surface area contributed by atoms with E-state index in [-0.39, 0.29) is 21.2 Å². The van der Waals surface area contributed by atoms with E-state index in [4.69, 9.17) is 14.2 Å². The van der Waals surface area contributed by atoms with Crippen LogP contribution in [0, 0.1) is 0 Å². The molecular weight excluding hydrogens is 457 g/mol. The van der Waals surface area contributed by atoms with Crippen molar-refractivity contribution >= 4 is 46.2 Å². The molecule has 1 amide bonds. The Balaban J connectivity index is 1.83. The lowest BCUT2D eigenvalue weighted by Gasteiger charge is -2.41. The Kier molecular flexibility index (Phi) is 6.33. The van der Waals surface area contributed by atoms with E-state index >= 15 is 0 Å². The number of rotatable bonds is 4. The van der Waals surface area contributed by atoms with E-state index in [1.165, 1.54) is 18.9 Å². The van der Waals surface area contributed by atoms with E-state index in [0.717, 1.165) is 31.4 Å². The SMILES string of the molecule is CCC(=O)N(C1=C(C(=O)OC)SC(I)C1)C1CCC2(CC1)OCCO2. The second kappa shape index (κ2) is 8.14. The molecule has 1 spiro atoms. The summed E-state index contributed by atoms with van der Waals surface area (Å²) in [6.07, 6.45) is 4.33. The Labute approximate surface area is 166 Å². The lowest BCUT2D eigenvalue weighted by atomic mass is 9.88. The zero-order valence-electron chi connectivity index (χ0n) is 14.6. The van der Waals surface area contributed by atoms with Gasteiger partial charge in [0.05, 0.1) is 23.6 Å². The maximum absolute atomic E-state index is 12.7. The van der Waals surface area contributed by atoms with Crippen molar-refractivity contribution in [2.75, 3.05) is 20.3 Å². The molecule has 2 fully saturated rings. The lowest BCUT2D eigenvalue weighted by molar-refractivity contribution is -0.184. The van der Waals surface area contributed by atoms with Crippen LogP contribution in [-0.4, -0.2) is 52.2 Å². The third kappa shape index (κ3) is 4.01. The first-order valence-corrected chi connectivity index (χ1v) is 10.8. The standard InChI is InChI=1S/C17H24INO5S/c1-3-14(20)19(12-10-13(18)25-15(12)16(21)22-2)11-4-6-17(7-5-11)23-8-9-24-17/h11,13H,3-10H2,1-2H3. The molecule has 0 aromatic carbocycles. The number of hydrogen-bond acceptors (Lipinski definition) is 6. The van der Waals surface area contributed by atoms with Gasteiger partial charge in [0.15, 0.2) is 5.79 Å². The number of ether oxygens (including phenoxy) is 3. The van der Waals surface area contributed by atoms with Crippen molar-refractivity contribution in [1.82, 2.24) is 4.90 Å². The summed E-state index contributed by atoms with van der Waals surface area (Å²) < 4.78 is 16.8. The molecule has 2 aliphatic heterocycles. The summed E-state index contributed by atoms with van der Waals surface area (Å²) >= 11 is 3.81. The first kappa shape index (κ1) is 19.4. The van der Waals surface area contributed by atoms with Crippen LogP contribution in [-0.2, 0) is 23.8 Å². The Bertz CT molecular complexity index is 565. The Morgan fingerprint density at radius 1 is 1.32 bits per heavy atom. The second-order valence-corrected chi connectivity index (χ2v) is 10.0. The van der Waals surface area contributed by atoms with E-state index in [0.29, 0.717) is 31.0 Å². The normalized spacial score (nSPS) is 26.3. The topological polar surface area (TPSA) is 65.1 Å². The Hall–Kier alpha value is -0.320. The molecule has 1 unspecified atom stereocenters. The molecule has 1 aliphatic carbocycles. The average Bonchev–Trinajstić information content (AvgIpc) is 3.23. The minimum Gasteiger partial charge on any atom is -0.465 e.